The van der Waals surface area contributed by atoms with E-state index in [4.69, 9.17) is 9.84 Å². The second-order valence-corrected chi connectivity index (χ2v) is 4.02. The van der Waals surface area contributed by atoms with Crippen molar-refractivity contribution in [2.75, 3.05) is 12.4 Å². The number of para-hydroxylation sites is 1. The van der Waals surface area contributed by atoms with Crippen molar-refractivity contribution in [2.24, 2.45) is 0 Å². The SMILES string of the molecule is COC(C)(C)C(=O)Nc1ccccc1C(=O)O. The van der Waals surface area contributed by atoms with Crippen molar-refractivity contribution in [1.82, 2.24) is 0 Å². The molecule has 0 saturated heterocycles. The molecule has 1 aromatic carbocycles. The Hall–Kier alpha value is -1.88. The third-order valence-corrected chi connectivity index (χ3v) is 2.46. The van der Waals surface area contributed by atoms with Gasteiger partial charge in [-0.25, -0.2) is 4.79 Å². The maximum Gasteiger partial charge on any atom is 0.337 e. The highest BCUT2D eigenvalue weighted by Gasteiger charge is 2.27. The first kappa shape index (κ1) is 13.2. The molecule has 1 rings (SSSR count). The second-order valence-electron chi connectivity index (χ2n) is 4.02. The number of carboxylic acids is 1. The van der Waals surface area contributed by atoms with Crippen molar-refractivity contribution in [3.8, 4) is 0 Å². The summed E-state index contributed by atoms with van der Waals surface area (Å²) in [5.41, 5.74) is -0.700. The monoisotopic (exact) mass is 237 g/mol. The molecule has 0 spiro atoms. The van der Waals surface area contributed by atoms with E-state index in [0.717, 1.165) is 0 Å². The molecule has 92 valence electrons. The van der Waals surface area contributed by atoms with Gasteiger partial charge in [-0.3, -0.25) is 4.79 Å². The number of carbonyl (C=O) groups excluding carboxylic acids is 1. The molecule has 17 heavy (non-hydrogen) atoms. The van der Waals surface area contributed by atoms with Gasteiger partial charge in [-0.2, -0.15) is 0 Å². The fraction of sp³-hybridized carbons (Fsp3) is 0.333. The molecular formula is C12H15NO4. The van der Waals surface area contributed by atoms with Crippen LogP contribution in [0.5, 0.6) is 0 Å². The number of methoxy groups -OCH3 is 1. The van der Waals surface area contributed by atoms with Crippen LogP contribution in [0.15, 0.2) is 24.3 Å². The van der Waals surface area contributed by atoms with Gasteiger partial charge in [0.1, 0.15) is 5.60 Å². The average Bonchev–Trinajstić information content (AvgIpc) is 2.29. The van der Waals surface area contributed by atoms with E-state index in [1.165, 1.54) is 19.2 Å². The molecule has 1 aromatic rings. The van der Waals surface area contributed by atoms with E-state index in [1.807, 2.05) is 0 Å². The summed E-state index contributed by atoms with van der Waals surface area (Å²) in [4.78, 5) is 22.8. The number of nitrogens with one attached hydrogen (secondary N) is 1. The summed E-state index contributed by atoms with van der Waals surface area (Å²) in [6.45, 7) is 3.21. The van der Waals surface area contributed by atoms with Crippen LogP contribution < -0.4 is 5.32 Å². The summed E-state index contributed by atoms with van der Waals surface area (Å²) in [5, 5.41) is 11.5. The predicted molar refractivity (Wildman–Crippen MR) is 63.1 cm³/mol. The molecule has 0 aliphatic rings. The van der Waals surface area contributed by atoms with Crippen LogP contribution in [0.25, 0.3) is 0 Å². The van der Waals surface area contributed by atoms with E-state index in [1.54, 1.807) is 26.0 Å². The molecule has 0 fully saturated rings. The van der Waals surface area contributed by atoms with E-state index < -0.39 is 17.5 Å². The molecule has 0 radical (unpaired) electrons. The first-order valence-corrected chi connectivity index (χ1v) is 5.07. The van der Waals surface area contributed by atoms with Crippen LogP contribution in [0.1, 0.15) is 24.2 Å². The number of anilines is 1. The maximum absolute atomic E-state index is 11.8. The van der Waals surface area contributed by atoms with Crippen LogP contribution >= 0.6 is 0 Å². The van der Waals surface area contributed by atoms with Gasteiger partial charge in [-0.05, 0) is 26.0 Å². The maximum atomic E-state index is 11.8. The second kappa shape index (κ2) is 4.97. The molecule has 1 amide bonds. The van der Waals surface area contributed by atoms with Gasteiger partial charge in [0.15, 0.2) is 0 Å². The van der Waals surface area contributed by atoms with Crippen molar-refractivity contribution in [3.05, 3.63) is 29.8 Å². The Labute approximate surface area is 99.4 Å². The summed E-state index contributed by atoms with van der Waals surface area (Å²) in [7, 11) is 1.42. The molecule has 0 aliphatic carbocycles. The molecule has 0 heterocycles. The zero-order valence-corrected chi connectivity index (χ0v) is 9.98. The first-order chi connectivity index (χ1) is 7.88. The van der Waals surface area contributed by atoms with Crippen molar-refractivity contribution in [2.45, 2.75) is 19.4 Å². The smallest absolute Gasteiger partial charge is 0.337 e. The van der Waals surface area contributed by atoms with Crippen molar-refractivity contribution >= 4 is 17.6 Å². The van der Waals surface area contributed by atoms with E-state index in [0.29, 0.717) is 0 Å². The highest BCUT2D eigenvalue weighted by Crippen LogP contribution is 2.18. The van der Waals surface area contributed by atoms with E-state index >= 15 is 0 Å². The van der Waals surface area contributed by atoms with Gasteiger partial charge in [0, 0.05) is 7.11 Å². The quantitative estimate of drug-likeness (QED) is 0.836. The highest BCUT2D eigenvalue weighted by atomic mass is 16.5. The molecule has 0 bridgehead atoms. The van der Waals surface area contributed by atoms with Gasteiger partial charge >= 0.3 is 5.97 Å². The lowest BCUT2D eigenvalue weighted by Gasteiger charge is -2.22. The van der Waals surface area contributed by atoms with Crippen LogP contribution in [0.3, 0.4) is 0 Å². The number of hydrogen-bond donors (Lipinski definition) is 2. The van der Waals surface area contributed by atoms with Gasteiger partial charge in [-0.15, -0.1) is 0 Å². The van der Waals surface area contributed by atoms with Gasteiger partial charge in [-0.1, -0.05) is 12.1 Å². The molecule has 0 aliphatic heterocycles. The summed E-state index contributed by atoms with van der Waals surface area (Å²) >= 11 is 0. The number of amides is 1. The Morgan fingerprint density at radius 1 is 1.29 bits per heavy atom. The zero-order chi connectivity index (χ0) is 13.1. The van der Waals surface area contributed by atoms with Crippen LogP contribution in [-0.2, 0) is 9.53 Å². The fourth-order valence-corrected chi connectivity index (χ4v) is 1.14. The predicted octanol–water partition coefficient (Wildman–Crippen LogP) is 1.75. The number of hydrogen-bond acceptors (Lipinski definition) is 3. The van der Waals surface area contributed by atoms with Crippen LogP contribution in [0, 0.1) is 0 Å². The minimum absolute atomic E-state index is 0.0488. The van der Waals surface area contributed by atoms with E-state index in [-0.39, 0.29) is 11.3 Å². The Morgan fingerprint density at radius 2 is 1.88 bits per heavy atom. The third-order valence-electron chi connectivity index (χ3n) is 2.46. The lowest BCUT2D eigenvalue weighted by atomic mass is 10.1. The van der Waals surface area contributed by atoms with Gasteiger partial charge in [0.2, 0.25) is 0 Å². The lowest BCUT2D eigenvalue weighted by Crippen LogP contribution is -2.39. The summed E-state index contributed by atoms with van der Waals surface area (Å²) in [6.07, 6.45) is 0. The Bertz CT molecular complexity index is 440. The number of aromatic carboxylic acids is 1. The van der Waals surface area contributed by atoms with E-state index in [2.05, 4.69) is 5.32 Å². The Balaban J connectivity index is 2.97. The third kappa shape index (κ3) is 3.04. The molecule has 5 heteroatoms. The summed E-state index contributed by atoms with van der Waals surface area (Å²) in [6, 6.07) is 6.22. The van der Waals surface area contributed by atoms with Gasteiger partial charge in [0.25, 0.3) is 5.91 Å². The molecule has 0 unspecified atom stereocenters. The fourth-order valence-electron chi connectivity index (χ4n) is 1.14. The topological polar surface area (TPSA) is 75.6 Å². The van der Waals surface area contributed by atoms with Gasteiger partial charge in [0.05, 0.1) is 11.3 Å². The van der Waals surface area contributed by atoms with E-state index in [9.17, 15) is 9.59 Å². The molecule has 0 saturated carbocycles. The molecular weight excluding hydrogens is 222 g/mol. The minimum atomic E-state index is -1.09. The highest BCUT2D eigenvalue weighted by molar-refractivity contribution is 6.03. The number of rotatable bonds is 4. The molecule has 0 aromatic heterocycles. The van der Waals surface area contributed by atoms with Crippen molar-refractivity contribution in [1.29, 1.82) is 0 Å². The van der Waals surface area contributed by atoms with Gasteiger partial charge < -0.3 is 15.2 Å². The Kier molecular flexibility index (Phi) is 3.85. The normalized spacial score (nSPS) is 11.0. The zero-order valence-electron chi connectivity index (χ0n) is 9.98. The lowest BCUT2D eigenvalue weighted by molar-refractivity contribution is -0.133. The molecule has 2 N–H and O–H groups in total. The number of carboxylic acid groups (broad SMARTS) is 1. The minimum Gasteiger partial charge on any atom is -0.478 e. The molecule has 5 nitrogen and oxygen atoms in total. The van der Waals surface area contributed by atoms with Crippen molar-refractivity contribution in [3.63, 3.8) is 0 Å². The number of ether oxygens (including phenoxy) is 1. The van der Waals surface area contributed by atoms with Crippen LogP contribution in [0.4, 0.5) is 5.69 Å². The van der Waals surface area contributed by atoms with Crippen LogP contribution in [-0.4, -0.2) is 29.7 Å². The summed E-state index contributed by atoms with van der Waals surface area (Å²) in [5.74, 6) is -1.48. The summed E-state index contributed by atoms with van der Waals surface area (Å²) < 4.78 is 5.01. The molecule has 0 atom stereocenters. The number of carbonyl (C=O) groups is 2. The number of benzene rings is 1. The first-order valence-electron chi connectivity index (χ1n) is 5.07. The standard InChI is InChI=1S/C12H15NO4/c1-12(2,17-3)11(16)13-9-7-5-4-6-8(9)10(14)15/h4-7H,1-3H3,(H,13,16)(H,14,15). The Morgan fingerprint density at radius 3 is 2.41 bits per heavy atom. The average molecular weight is 237 g/mol. The van der Waals surface area contributed by atoms with Crippen molar-refractivity contribution < 1.29 is 19.4 Å². The largest absolute Gasteiger partial charge is 0.478 e. The van der Waals surface area contributed by atoms with Crippen LogP contribution in [0.2, 0.25) is 0 Å².